The van der Waals surface area contributed by atoms with Gasteiger partial charge in [-0.1, -0.05) is 38.1 Å². The number of carbonyl (C=O) groups is 1. The number of nitrogens with zero attached hydrogens (tertiary/aromatic N) is 5. The van der Waals surface area contributed by atoms with E-state index < -0.39 is 22.9 Å². The van der Waals surface area contributed by atoms with E-state index in [9.17, 15) is 20.1 Å². The van der Waals surface area contributed by atoms with Crippen LogP contribution in [0.3, 0.4) is 0 Å². The third-order valence-corrected chi connectivity index (χ3v) is 7.27. The van der Waals surface area contributed by atoms with Gasteiger partial charge in [-0.05, 0) is 46.5 Å². The lowest BCUT2D eigenvalue weighted by Gasteiger charge is -2.27. The van der Waals surface area contributed by atoms with Gasteiger partial charge >= 0.3 is 6.09 Å². The zero-order valence-electron chi connectivity index (χ0n) is 22.4. The number of halogens is 1. The maximum Gasteiger partial charge on any atom is 0.404 e. The second-order valence-electron chi connectivity index (χ2n) is 10.4. The number of hydrogen-bond acceptors (Lipinski definition) is 6. The fourth-order valence-corrected chi connectivity index (χ4v) is 5.30. The molecule has 0 spiro atoms. The molecule has 0 saturated heterocycles. The van der Waals surface area contributed by atoms with Gasteiger partial charge in [-0.3, -0.25) is 9.48 Å². The monoisotopic (exact) mass is 549 g/mol. The van der Waals surface area contributed by atoms with E-state index in [1.54, 1.807) is 54.3 Å². The number of fused-ring (bicyclic) bond motifs is 2. The molecule has 2 aromatic heterocycles. The predicted molar refractivity (Wildman–Crippen MR) is 149 cm³/mol. The predicted octanol–water partition coefficient (Wildman–Crippen LogP) is 4.65. The average Bonchev–Trinajstić information content (AvgIpc) is 3.29. The number of H-pyrrole nitrogens is 1. The molecule has 10 nitrogen and oxygen atoms in total. The van der Waals surface area contributed by atoms with Crippen LogP contribution in [-0.2, 0) is 25.4 Å². The van der Waals surface area contributed by atoms with E-state index in [0.29, 0.717) is 39.4 Å². The average molecular weight is 550 g/mol. The summed E-state index contributed by atoms with van der Waals surface area (Å²) in [5.41, 5.74) is 1.32. The summed E-state index contributed by atoms with van der Waals surface area (Å²) in [4.78, 5) is 23.7. The molecule has 3 N–H and O–H groups in total. The lowest BCUT2D eigenvalue weighted by atomic mass is 9.77. The van der Waals surface area contributed by atoms with Gasteiger partial charge in [0, 0.05) is 17.8 Å². The largest absolute Gasteiger partial charge is 0.465 e. The number of carboxylic acid groups (broad SMARTS) is 1. The summed E-state index contributed by atoms with van der Waals surface area (Å²) >= 11 is 0. The van der Waals surface area contributed by atoms with E-state index >= 15 is 4.39 Å². The van der Waals surface area contributed by atoms with Gasteiger partial charge in [-0.25, -0.2) is 14.3 Å². The van der Waals surface area contributed by atoms with Crippen LogP contribution in [0.2, 0.25) is 0 Å². The van der Waals surface area contributed by atoms with Crippen molar-refractivity contribution >= 4 is 27.6 Å². The molecular formula is C30H24FN7O3. The first-order valence-electron chi connectivity index (χ1n) is 12.6. The number of aromatic amines is 1. The minimum absolute atomic E-state index is 0.114. The maximum atomic E-state index is 15.6. The van der Waals surface area contributed by atoms with Crippen molar-refractivity contribution in [2.75, 3.05) is 0 Å². The third-order valence-electron chi connectivity index (χ3n) is 7.27. The minimum atomic E-state index is -1.26. The number of aryl methyl sites for hydroxylation is 1. The molecule has 5 rings (SSSR count). The molecule has 1 amide bonds. The molecule has 0 saturated carbocycles. The highest BCUT2D eigenvalue weighted by Gasteiger charge is 2.29. The molecule has 0 aliphatic heterocycles. The second kappa shape index (κ2) is 10.2. The summed E-state index contributed by atoms with van der Waals surface area (Å²) in [7, 11) is 1.69. The van der Waals surface area contributed by atoms with E-state index in [-0.39, 0.29) is 34.3 Å². The summed E-state index contributed by atoms with van der Waals surface area (Å²) in [5, 5.41) is 43.7. The van der Waals surface area contributed by atoms with Crippen LogP contribution in [-0.4, -0.2) is 31.2 Å². The van der Waals surface area contributed by atoms with Gasteiger partial charge in [0.25, 0.3) is 5.56 Å². The zero-order valence-corrected chi connectivity index (χ0v) is 22.4. The topological polar surface area (TPSA) is 160 Å². The van der Waals surface area contributed by atoms with Crippen molar-refractivity contribution in [2.45, 2.75) is 32.2 Å². The third kappa shape index (κ3) is 4.74. The fourth-order valence-electron chi connectivity index (χ4n) is 5.30. The fraction of sp³-hybridized carbons (Fsp3) is 0.200. The van der Waals surface area contributed by atoms with E-state index in [2.05, 4.69) is 32.8 Å². The smallest absolute Gasteiger partial charge is 0.404 e. The molecule has 0 radical (unpaired) electrons. The standard InChI is InChI=1S/C30H24FN7O3/c1-30(2,19-8-17(12-32)25-21(10-19)24(15-34-29(40)41)36-37-28(25)39)11-18-14-35-38(3)27(18)26-22(13-33)20-7-5-4-6-16(20)9-23(26)31/h4-10,14,34H,11,15H2,1-3H3,(H,37,39)(H,40,41). The molecule has 0 atom stereocenters. The lowest BCUT2D eigenvalue weighted by molar-refractivity contribution is 0.194. The molecule has 11 heteroatoms. The van der Waals surface area contributed by atoms with Crippen molar-refractivity contribution in [3.63, 3.8) is 0 Å². The molecule has 41 heavy (non-hydrogen) atoms. The first-order chi connectivity index (χ1) is 19.6. The number of nitriles is 2. The van der Waals surface area contributed by atoms with Gasteiger partial charge in [0.1, 0.15) is 11.9 Å². The number of aromatic nitrogens is 4. The Morgan fingerprint density at radius 1 is 1.17 bits per heavy atom. The number of hydrogen-bond donors (Lipinski definition) is 3. The highest BCUT2D eigenvalue weighted by Crippen LogP contribution is 2.38. The quantitative estimate of drug-likeness (QED) is 0.278. The molecule has 3 aromatic carbocycles. The van der Waals surface area contributed by atoms with Crippen LogP contribution in [0.15, 0.2) is 53.5 Å². The first-order valence-corrected chi connectivity index (χ1v) is 12.6. The molecule has 5 aromatic rings. The van der Waals surface area contributed by atoms with Crippen molar-refractivity contribution in [3.8, 4) is 23.4 Å². The summed E-state index contributed by atoms with van der Waals surface area (Å²) in [6.45, 7) is 3.69. The molecule has 0 aliphatic rings. The second-order valence-corrected chi connectivity index (χ2v) is 10.4. The van der Waals surface area contributed by atoms with E-state index in [1.807, 2.05) is 13.8 Å². The zero-order chi connectivity index (χ0) is 29.5. The number of nitrogens with one attached hydrogen (secondary N) is 2. The molecule has 0 bridgehead atoms. The summed E-state index contributed by atoms with van der Waals surface area (Å²) < 4.78 is 17.2. The normalized spacial score (nSPS) is 11.4. The molecule has 0 aliphatic carbocycles. The van der Waals surface area contributed by atoms with Crippen LogP contribution in [0.25, 0.3) is 32.8 Å². The van der Waals surface area contributed by atoms with Crippen LogP contribution >= 0.6 is 0 Å². The SMILES string of the molecule is Cn1ncc(CC(C)(C)c2cc(C#N)c3c(=O)[nH]nc(CNC(=O)O)c3c2)c1-c1c(F)cc2ccccc2c1C#N. The van der Waals surface area contributed by atoms with Gasteiger partial charge in [0.15, 0.2) is 0 Å². The Bertz CT molecular complexity index is 2010. The summed E-state index contributed by atoms with van der Waals surface area (Å²) in [5.74, 6) is -0.541. The Morgan fingerprint density at radius 2 is 1.93 bits per heavy atom. The summed E-state index contributed by atoms with van der Waals surface area (Å²) in [6, 6.07) is 16.1. The highest BCUT2D eigenvalue weighted by molar-refractivity contribution is 5.94. The molecule has 2 heterocycles. The van der Waals surface area contributed by atoms with E-state index in [1.165, 1.54) is 6.07 Å². The Balaban J connectivity index is 1.66. The van der Waals surface area contributed by atoms with Gasteiger partial charge in [-0.2, -0.15) is 20.7 Å². The van der Waals surface area contributed by atoms with Crippen molar-refractivity contribution in [1.82, 2.24) is 25.3 Å². The highest BCUT2D eigenvalue weighted by atomic mass is 19.1. The van der Waals surface area contributed by atoms with Crippen molar-refractivity contribution < 1.29 is 14.3 Å². The van der Waals surface area contributed by atoms with Gasteiger partial charge in [-0.15, -0.1) is 0 Å². The number of benzene rings is 3. The van der Waals surface area contributed by atoms with E-state index in [0.717, 1.165) is 0 Å². The van der Waals surface area contributed by atoms with Crippen molar-refractivity contribution in [2.24, 2.45) is 7.05 Å². The van der Waals surface area contributed by atoms with Crippen LogP contribution < -0.4 is 10.9 Å². The first kappa shape index (κ1) is 27.0. The van der Waals surface area contributed by atoms with Crippen molar-refractivity contribution in [3.05, 3.63) is 92.8 Å². The van der Waals surface area contributed by atoms with Crippen LogP contribution in [0, 0.1) is 28.5 Å². The maximum absolute atomic E-state index is 15.6. The Morgan fingerprint density at radius 3 is 2.63 bits per heavy atom. The summed E-state index contributed by atoms with van der Waals surface area (Å²) in [6.07, 6.45) is 0.710. The van der Waals surface area contributed by atoms with Gasteiger partial charge < -0.3 is 10.4 Å². The Kier molecular flexibility index (Phi) is 6.73. The lowest BCUT2D eigenvalue weighted by Crippen LogP contribution is -2.24. The molecular weight excluding hydrogens is 525 g/mol. The van der Waals surface area contributed by atoms with Crippen LogP contribution in [0.1, 0.15) is 41.8 Å². The molecule has 0 unspecified atom stereocenters. The Hall–Kier alpha value is -5.55. The molecule has 0 fully saturated rings. The van der Waals surface area contributed by atoms with E-state index in [4.69, 9.17) is 5.11 Å². The van der Waals surface area contributed by atoms with Crippen LogP contribution in [0.5, 0.6) is 0 Å². The number of amides is 1. The number of rotatable bonds is 6. The minimum Gasteiger partial charge on any atom is -0.465 e. The van der Waals surface area contributed by atoms with Crippen LogP contribution in [0.4, 0.5) is 9.18 Å². The Labute approximate surface area is 233 Å². The van der Waals surface area contributed by atoms with Gasteiger partial charge in [0.2, 0.25) is 0 Å². The van der Waals surface area contributed by atoms with Gasteiger partial charge in [0.05, 0.1) is 52.3 Å². The molecule has 204 valence electrons. The van der Waals surface area contributed by atoms with Crippen molar-refractivity contribution in [1.29, 1.82) is 10.5 Å².